The van der Waals surface area contributed by atoms with Gasteiger partial charge in [0.15, 0.2) is 0 Å². The Kier molecular flexibility index (Phi) is 4.24. The largest absolute Gasteiger partial charge is 0.287 e. The fourth-order valence-corrected chi connectivity index (χ4v) is 2.34. The Morgan fingerprint density at radius 1 is 1.28 bits per heavy atom. The number of nitrogens with zero attached hydrogens (tertiary/aromatic N) is 1. The Morgan fingerprint density at radius 2 is 1.94 bits per heavy atom. The van der Waals surface area contributed by atoms with Gasteiger partial charge in [-0.25, -0.2) is 4.39 Å². The van der Waals surface area contributed by atoms with E-state index in [9.17, 15) is 9.18 Å². The highest BCUT2D eigenvalue weighted by Crippen LogP contribution is 2.20. The van der Waals surface area contributed by atoms with Gasteiger partial charge in [-0.3, -0.25) is 9.78 Å². The molecule has 0 radical (unpaired) electrons. The van der Waals surface area contributed by atoms with Crippen molar-refractivity contribution in [2.45, 2.75) is 5.33 Å². The number of alkyl halides is 1. The van der Waals surface area contributed by atoms with E-state index in [1.165, 1.54) is 24.3 Å². The molecule has 92 valence electrons. The molecular weight excluding hydrogens is 365 g/mol. The molecule has 0 spiro atoms. The van der Waals surface area contributed by atoms with Crippen molar-refractivity contribution in [3.8, 4) is 0 Å². The van der Waals surface area contributed by atoms with Crippen molar-refractivity contribution in [3.05, 3.63) is 63.6 Å². The van der Waals surface area contributed by atoms with E-state index in [4.69, 9.17) is 0 Å². The Morgan fingerprint density at radius 3 is 2.50 bits per heavy atom. The summed E-state index contributed by atoms with van der Waals surface area (Å²) in [5.74, 6) is -0.601. The summed E-state index contributed by atoms with van der Waals surface area (Å²) < 4.78 is 13.4. The first kappa shape index (κ1) is 13.4. The second-order valence-corrected chi connectivity index (χ2v) is 5.06. The Bertz CT molecular complexity index is 584. The standard InChI is InChI=1S/C13H8Br2FNO/c14-6-8-5-11(15)12(17-7-8)13(18)9-1-3-10(16)4-2-9/h1-5,7H,6H2. The number of carbonyl (C=O) groups excluding carboxylic acids is 1. The monoisotopic (exact) mass is 371 g/mol. The minimum atomic E-state index is -0.367. The molecule has 0 bridgehead atoms. The summed E-state index contributed by atoms with van der Waals surface area (Å²) in [5, 5.41) is 0.670. The van der Waals surface area contributed by atoms with Crippen LogP contribution in [-0.2, 0) is 5.33 Å². The SMILES string of the molecule is O=C(c1ccc(F)cc1)c1ncc(CBr)cc1Br. The van der Waals surface area contributed by atoms with Crippen molar-refractivity contribution >= 4 is 37.6 Å². The van der Waals surface area contributed by atoms with Crippen molar-refractivity contribution in [2.24, 2.45) is 0 Å². The number of aromatic nitrogens is 1. The summed E-state index contributed by atoms with van der Waals surface area (Å²) in [6, 6.07) is 7.24. The molecule has 0 saturated heterocycles. The maximum Gasteiger partial charge on any atom is 0.212 e. The van der Waals surface area contributed by atoms with Crippen molar-refractivity contribution in [2.75, 3.05) is 0 Å². The average Bonchev–Trinajstić information content (AvgIpc) is 2.38. The Labute approximate surface area is 121 Å². The number of halogens is 3. The zero-order valence-corrected chi connectivity index (χ0v) is 12.3. The van der Waals surface area contributed by atoms with Crippen LogP contribution in [0.25, 0.3) is 0 Å². The molecule has 0 aliphatic carbocycles. The first-order valence-electron chi connectivity index (χ1n) is 5.12. The molecule has 0 fully saturated rings. The molecule has 0 amide bonds. The van der Waals surface area contributed by atoms with Gasteiger partial charge >= 0.3 is 0 Å². The molecule has 1 heterocycles. The second-order valence-electron chi connectivity index (χ2n) is 3.64. The highest BCUT2D eigenvalue weighted by molar-refractivity contribution is 9.10. The van der Waals surface area contributed by atoms with E-state index >= 15 is 0 Å². The molecule has 18 heavy (non-hydrogen) atoms. The molecule has 0 N–H and O–H groups in total. The van der Waals surface area contributed by atoms with E-state index < -0.39 is 0 Å². The van der Waals surface area contributed by atoms with Gasteiger partial charge in [0.2, 0.25) is 5.78 Å². The van der Waals surface area contributed by atoms with Crippen LogP contribution in [0.1, 0.15) is 21.6 Å². The molecule has 0 saturated carbocycles. The minimum Gasteiger partial charge on any atom is -0.287 e. The lowest BCUT2D eigenvalue weighted by molar-refractivity contribution is 0.103. The topological polar surface area (TPSA) is 30.0 Å². The third kappa shape index (κ3) is 2.84. The fourth-order valence-electron chi connectivity index (χ4n) is 1.46. The number of ketones is 1. The first-order valence-corrected chi connectivity index (χ1v) is 7.04. The zero-order valence-electron chi connectivity index (χ0n) is 9.16. The molecule has 0 unspecified atom stereocenters. The summed E-state index contributed by atoms with van der Waals surface area (Å²) in [6.07, 6.45) is 1.64. The van der Waals surface area contributed by atoms with Crippen LogP contribution in [0.5, 0.6) is 0 Å². The fraction of sp³-hybridized carbons (Fsp3) is 0.0769. The number of hydrogen-bond acceptors (Lipinski definition) is 2. The molecule has 0 aliphatic heterocycles. The van der Waals surface area contributed by atoms with Crippen LogP contribution in [0, 0.1) is 5.82 Å². The first-order chi connectivity index (χ1) is 8.61. The second kappa shape index (κ2) is 5.71. The molecular formula is C13H8Br2FNO. The predicted molar refractivity (Wildman–Crippen MR) is 74.4 cm³/mol. The third-order valence-electron chi connectivity index (χ3n) is 2.37. The Hall–Kier alpha value is -1.07. The van der Waals surface area contributed by atoms with Crippen LogP contribution in [-0.4, -0.2) is 10.8 Å². The molecule has 1 aromatic carbocycles. The third-order valence-corrected chi connectivity index (χ3v) is 3.63. The van der Waals surface area contributed by atoms with Gasteiger partial charge in [0, 0.05) is 21.6 Å². The van der Waals surface area contributed by atoms with Gasteiger partial charge in [-0.1, -0.05) is 15.9 Å². The van der Waals surface area contributed by atoms with E-state index in [1.54, 1.807) is 6.20 Å². The summed E-state index contributed by atoms with van der Waals surface area (Å²) in [6.45, 7) is 0. The van der Waals surface area contributed by atoms with E-state index in [2.05, 4.69) is 36.8 Å². The normalized spacial score (nSPS) is 10.4. The van der Waals surface area contributed by atoms with Gasteiger partial charge in [0.05, 0.1) is 0 Å². The zero-order chi connectivity index (χ0) is 13.1. The van der Waals surface area contributed by atoms with Crippen LogP contribution in [0.3, 0.4) is 0 Å². The van der Waals surface area contributed by atoms with Gasteiger partial charge in [-0.05, 0) is 51.8 Å². The van der Waals surface area contributed by atoms with Gasteiger partial charge in [-0.15, -0.1) is 0 Å². The van der Waals surface area contributed by atoms with E-state index in [0.717, 1.165) is 5.56 Å². The number of hydrogen-bond donors (Lipinski definition) is 0. The lowest BCUT2D eigenvalue weighted by Gasteiger charge is -2.04. The summed E-state index contributed by atoms with van der Waals surface area (Å²) in [7, 11) is 0. The van der Waals surface area contributed by atoms with Crippen molar-refractivity contribution in [1.82, 2.24) is 4.98 Å². The molecule has 2 aromatic rings. The smallest absolute Gasteiger partial charge is 0.212 e. The van der Waals surface area contributed by atoms with Gasteiger partial charge < -0.3 is 0 Å². The quantitative estimate of drug-likeness (QED) is 0.599. The minimum absolute atomic E-state index is 0.233. The van der Waals surface area contributed by atoms with Crippen LogP contribution in [0.2, 0.25) is 0 Å². The predicted octanol–water partition coefficient (Wildman–Crippen LogP) is 4.11. The van der Waals surface area contributed by atoms with Crippen LogP contribution >= 0.6 is 31.9 Å². The summed E-state index contributed by atoms with van der Waals surface area (Å²) in [4.78, 5) is 16.3. The number of benzene rings is 1. The molecule has 2 rings (SSSR count). The van der Waals surface area contributed by atoms with Crippen molar-refractivity contribution in [3.63, 3.8) is 0 Å². The van der Waals surface area contributed by atoms with Crippen LogP contribution in [0.15, 0.2) is 41.0 Å². The van der Waals surface area contributed by atoms with E-state index in [0.29, 0.717) is 21.1 Å². The number of pyridine rings is 1. The summed E-state index contributed by atoms with van der Waals surface area (Å²) in [5.41, 5.74) is 1.71. The van der Waals surface area contributed by atoms with Crippen molar-refractivity contribution < 1.29 is 9.18 Å². The number of rotatable bonds is 3. The maximum absolute atomic E-state index is 12.8. The van der Waals surface area contributed by atoms with Crippen molar-refractivity contribution in [1.29, 1.82) is 0 Å². The van der Waals surface area contributed by atoms with Gasteiger partial charge in [0.25, 0.3) is 0 Å². The molecule has 2 nitrogen and oxygen atoms in total. The summed E-state index contributed by atoms with van der Waals surface area (Å²) >= 11 is 6.64. The van der Waals surface area contributed by atoms with Crippen LogP contribution in [0.4, 0.5) is 4.39 Å². The van der Waals surface area contributed by atoms with E-state index in [1.807, 2.05) is 6.07 Å². The van der Waals surface area contributed by atoms with E-state index in [-0.39, 0.29) is 11.6 Å². The molecule has 1 aromatic heterocycles. The lowest BCUT2D eigenvalue weighted by Crippen LogP contribution is -2.05. The Balaban J connectivity index is 2.37. The highest BCUT2D eigenvalue weighted by atomic mass is 79.9. The molecule has 0 aliphatic rings. The highest BCUT2D eigenvalue weighted by Gasteiger charge is 2.14. The lowest BCUT2D eigenvalue weighted by atomic mass is 10.1. The van der Waals surface area contributed by atoms with Gasteiger partial charge in [0.1, 0.15) is 11.5 Å². The number of carbonyl (C=O) groups is 1. The van der Waals surface area contributed by atoms with Crippen LogP contribution < -0.4 is 0 Å². The molecule has 0 atom stereocenters. The maximum atomic E-state index is 12.8. The molecule has 5 heteroatoms. The average molecular weight is 373 g/mol. The van der Waals surface area contributed by atoms with Gasteiger partial charge in [-0.2, -0.15) is 0 Å².